The van der Waals surface area contributed by atoms with Crippen LogP contribution in [0.15, 0.2) is 164 Å². The van der Waals surface area contributed by atoms with E-state index in [4.69, 9.17) is 55.9 Å². The molecule has 0 fully saturated rings. The van der Waals surface area contributed by atoms with Crippen molar-refractivity contribution in [3.8, 4) is 45.6 Å². The van der Waals surface area contributed by atoms with Gasteiger partial charge in [-0.15, -0.1) is 0 Å². The third-order valence-corrected chi connectivity index (χ3v) is 11.7. The molecule has 69 heavy (non-hydrogen) atoms. The number of imidazole rings is 2. The molecule has 9 rings (SSSR count). The van der Waals surface area contributed by atoms with Gasteiger partial charge in [-0.2, -0.15) is 4.39 Å². The average Bonchev–Trinajstić information content (AvgIpc) is 3.88. The molecule has 6 aromatic carbocycles. The summed E-state index contributed by atoms with van der Waals surface area (Å²) in [6, 6.07) is 47.4. The molecule has 0 aliphatic heterocycles. The summed E-state index contributed by atoms with van der Waals surface area (Å²) in [7, 11) is 0. The van der Waals surface area contributed by atoms with Crippen LogP contribution in [0.1, 0.15) is 43.5 Å². The summed E-state index contributed by atoms with van der Waals surface area (Å²) in [5.41, 5.74) is 6.38. The van der Waals surface area contributed by atoms with Crippen molar-refractivity contribution in [2.45, 2.75) is 27.1 Å². The standard InChI is InChI=1S/C29H21Cl2FN4O2.C24H18Cl2N2O3/c1-18-27(29(37)34-21-8-14-26(32)33-16-21)35-28(24-13-7-20(30)15-25(24)31)36(18)22-9-11-23(12-10-22)38-17-19-5-3-2-4-6-19;1-15-22(24(29)30)27-23(20-12-7-17(25)13-21(20)26)28(15)18-8-10-19(11-9-18)31-14-16-5-3-2-4-6-16/h2-16H,17H2,1H3,(H,34,37);2-13H,14H2,1H3,(H,29,30). The van der Waals surface area contributed by atoms with Crippen molar-refractivity contribution in [2.75, 3.05) is 5.32 Å². The zero-order valence-corrected chi connectivity index (χ0v) is 39.7. The van der Waals surface area contributed by atoms with Crippen LogP contribution < -0.4 is 14.8 Å². The molecule has 11 nitrogen and oxygen atoms in total. The second kappa shape index (κ2) is 21.6. The first kappa shape index (κ1) is 48.0. The molecule has 0 radical (unpaired) electrons. The lowest BCUT2D eigenvalue weighted by Gasteiger charge is -2.13. The maximum absolute atomic E-state index is 13.2. The number of carbonyl (C=O) groups is 2. The van der Waals surface area contributed by atoms with E-state index < -0.39 is 17.8 Å². The molecule has 16 heteroatoms. The minimum Gasteiger partial charge on any atom is -0.489 e. The van der Waals surface area contributed by atoms with E-state index in [1.165, 1.54) is 18.3 Å². The molecule has 2 N–H and O–H groups in total. The van der Waals surface area contributed by atoms with Crippen LogP contribution >= 0.6 is 46.4 Å². The van der Waals surface area contributed by atoms with Gasteiger partial charge >= 0.3 is 5.97 Å². The Labute approximate surface area is 416 Å². The summed E-state index contributed by atoms with van der Waals surface area (Å²) in [4.78, 5) is 37.5. The number of nitrogens with one attached hydrogen (secondary N) is 1. The fourth-order valence-corrected chi connectivity index (χ4v) is 8.25. The monoisotopic (exact) mass is 998 g/mol. The number of carboxylic acid groups (broad SMARTS) is 1. The van der Waals surface area contributed by atoms with Gasteiger partial charge in [-0.05, 0) is 122 Å². The number of carbonyl (C=O) groups excluding carboxylic acids is 1. The Morgan fingerprint density at radius 2 is 1.04 bits per heavy atom. The lowest BCUT2D eigenvalue weighted by Crippen LogP contribution is -2.14. The molecule has 0 aliphatic carbocycles. The van der Waals surface area contributed by atoms with Gasteiger partial charge in [-0.1, -0.05) is 107 Å². The lowest BCUT2D eigenvalue weighted by atomic mass is 10.2. The summed E-state index contributed by atoms with van der Waals surface area (Å²) in [6.07, 6.45) is 1.24. The Balaban J connectivity index is 0.000000190. The third kappa shape index (κ3) is 11.5. The Hall–Kier alpha value is -7.48. The van der Waals surface area contributed by atoms with E-state index in [1.54, 1.807) is 54.8 Å². The van der Waals surface area contributed by atoms with E-state index in [1.807, 2.05) is 114 Å². The van der Waals surface area contributed by atoms with Crippen LogP contribution in [0.4, 0.5) is 10.1 Å². The second-order valence-electron chi connectivity index (χ2n) is 15.3. The molecule has 1 amide bonds. The molecule has 0 bridgehead atoms. The Morgan fingerprint density at radius 3 is 1.46 bits per heavy atom. The smallest absolute Gasteiger partial charge is 0.356 e. The zero-order valence-electron chi connectivity index (χ0n) is 36.7. The fourth-order valence-electron chi connectivity index (χ4n) is 7.26. The molecule has 0 unspecified atom stereocenters. The quantitative estimate of drug-likeness (QED) is 0.109. The molecule has 3 aromatic heterocycles. The second-order valence-corrected chi connectivity index (χ2v) is 17.0. The van der Waals surface area contributed by atoms with Crippen molar-refractivity contribution >= 4 is 64.0 Å². The highest BCUT2D eigenvalue weighted by Crippen LogP contribution is 2.36. The van der Waals surface area contributed by atoms with Crippen LogP contribution in [-0.4, -0.2) is 41.1 Å². The summed E-state index contributed by atoms with van der Waals surface area (Å²) in [6.45, 7) is 4.40. The first-order chi connectivity index (χ1) is 33.3. The van der Waals surface area contributed by atoms with Crippen molar-refractivity contribution in [3.63, 3.8) is 0 Å². The van der Waals surface area contributed by atoms with Gasteiger partial charge in [0.2, 0.25) is 5.95 Å². The van der Waals surface area contributed by atoms with Gasteiger partial charge in [-0.3, -0.25) is 13.9 Å². The third-order valence-electron chi connectivity index (χ3n) is 10.6. The van der Waals surface area contributed by atoms with Gasteiger partial charge < -0.3 is 19.9 Å². The average molecular weight is 1000 g/mol. The summed E-state index contributed by atoms with van der Waals surface area (Å²) in [5, 5.41) is 14.0. The van der Waals surface area contributed by atoms with Gasteiger partial charge in [0.15, 0.2) is 11.4 Å². The number of benzene rings is 6. The number of hydrogen-bond donors (Lipinski definition) is 2. The number of aromatic carboxylic acids is 1. The number of hydrogen-bond acceptors (Lipinski definition) is 7. The van der Waals surface area contributed by atoms with E-state index in [2.05, 4.69) is 20.3 Å². The molecule has 0 atom stereocenters. The van der Waals surface area contributed by atoms with Gasteiger partial charge in [0.25, 0.3) is 5.91 Å². The van der Waals surface area contributed by atoms with Gasteiger partial charge in [0.1, 0.15) is 36.4 Å². The van der Waals surface area contributed by atoms with Crippen molar-refractivity contribution in [3.05, 3.63) is 224 Å². The fraction of sp³-hybridized carbons (Fsp3) is 0.0755. The highest BCUT2D eigenvalue weighted by molar-refractivity contribution is 6.37. The minimum atomic E-state index is -1.11. The molecule has 346 valence electrons. The summed E-state index contributed by atoms with van der Waals surface area (Å²) in [5.74, 6) is 0.0747. The maximum atomic E-state index is 13.2. The van der Waals surface area contributed by atoms with E-state index in [9.17, 15) is 19.1 Å². The number of nitrogens with zero attached hydrogens (tertiary/aromatic N) is 5. The number of carboxylic acids is 1. The largest absolute Gasteiger partial charge is 0.489 e. The number of amides is 1. The number of rotatable bonds is 13. The molecule has 0 saturated heterocycles. The summed E-state index contributed by atoms with van der Waals surface area (Å²) < 4.78 is 28.6. The molecule has 0 spiro atoms. The molecule has 3 heterocycles. The van der Waals surface area contributed by atoms with E-state index in [0.717, 1.165) is 22.5 Å². The predicted molar refractivity (Wildman–Crippen MR) is 268 cm³/mol. The first-order valence-corrected chi connectivity index (χ1v) is 22.6. The maximum Gasteiger partial charge on any atom is 0.356 e. The minimum absolute atomic E-state index is 0.0366. The first-order valence-electron chi connectivity index (χ1n) is 21.1. The van der Waals surface area contributed by atoms with Crippen LogP contribution in [0.25, 0.3) is 34.2 Å². The molecular weight excluding hydrogens is 961 g/mol. The van der Waals surface area contributed by atoms with Gasteiger partial charge in [0, 0.05) is 32.5 Å². The number of anilines is 1. The predicted octanol–water partition coefficient (Wildman–Crippen LogP) is 14.0. The number of aromatic nitrogens is 5. The van der Waals surface area contributed by atoms with Crippen LogP contribution in [0.3, 0.4) is 0 Å². The Kier molecular flexibility index (Phi) is 15.1. The Morgan fingerprint density at radius 1 is 0.594 bits per heavy atom. The van der Waals surface area contributed by atoms with Crippen LogP contribution in [0.5, 0.6) is 11.5 Å². The lowest BCUT2D eigenvalue weighted by molar-refractivity contribution is 0.0690. The van der Waals surface area contributed by atoms with Gasteiger partial charge in [-0.25, -0.2) is 19.7 Å². The molecule has 0 aliphatic rings. The van der Waals surface area contributed by atoms with Gasteiger partial charge in [0.05, 0.1) is 33.3 Å². The SMILES string of the molecule is Cc1c(C(=O)Nc2ccc(F)nc2)nc(-c2ccc(Cl)cc2Cl)n1-c1ccc(OCc2ccccc2)cc1.Cc1c(C(=O)O)nc(-c2ccc(Cl)cc2Cl)n1-c1ccc(OCc2ccccc2)cc1. The van der Waals surface area contributed by atoms with Crippen LogP contribution in [-0.2, 0) is 13.2 Å². The van der Waals surface area contributed by atoms with Crippen LogP contribution in [0, 0.1) is 19.8 Å². The van der Waals surface area contributed by atoms with Crippen molar-refractivity contribution in [1.82, 2.24) is 24.1 Å². The van der Waals surface area contributed by atoms with E-state index >= 15 is 0 Å². The Bertz CT molecular complexity index is 3260. The number of halogens is 5. The highest BCUT2D eigenvalue weighted by Gasteiger charge is 2.25. The van der Waals surface area contributed by atoms with E-state index in [0.29, 0.717) is 84.7 Å². The molecular formula is C53H39Cl4FN6O5. The number of pyridine rings is 1. The van der Waals surface area contributed by atoms with Crippen molar-refractivity contribution in [2.24, 2.45) is 0 Å². The summed E-state index contributed by atoms with van der Waals surface area (Å²) >= 11 is 25.1. The van der Waals surface area contributed by atoms with Crippen molar-refractivity contribution < 1.29 is 28.6 Å². The topological polar surface area (TPSA) is 133 Å². The molecule has 0 saturated carbocycles. The number of ether oxygens (including phenoxy) is 2. The highest BCUT2D eigenvalue weighted by atomic mass is 35.5. The van der Waals surface area contributed by atoms with Crippen LogP contribution in [0.2, 0.25) is 20.1 Å². The normalized spacial score (nSPS) is 10.8. The molecule has 9 aromatic rings. The zero-order chi connectivity index (χ0) is 48.6. The van der Waals surface area contributed by atoms with Crippen molar-refractivity contribution in [1.29, 1.82) is 0 Å². The van der Waals surface area contributed by atoms with E-state index in [-0.39, 0.29) is 11.4 Å².